The van der Waals surface area contributed by atoms with Crippen molar-refractivity contribution in [2.45, 2.75) is 26.5 Å². The third-order valence-electron chi connectivity index (χ3n) is 3.90. The predicted octanol–water partition coefficient (Wildman–Crippen LogP) is 4.87. The van der Waals surface area contributed by atoms with Crippen molar-refractivity contribution >= 4 is 17.4 Å². The van der Waals surface area contributed by atoms with E-state index in [0.717, 1.165) is 11.3 Å². The fourth-order valence-electron chi connectivity index (χ4n) is 2.52. The first kappa shape index (κ1) is 19.4. The Bertz CT molecular complexity index is 908. The number of halogens is 1. The van der Waals surface area contributed by atoms with Gasteiger partial charge in [-0.25, -0.2) is 9.37 Å². The highest BCUT2D eigenvalue weighted by molar-refractivity contribution is 6.04. The molecular formula is C22H22FN3O2. The number of anilines is 2. The van der Waals surface area contributed by atoms with Gasteiger partial charge < -0.3 is 15.4 Å². The molecule has 3 rings (SSSR count). The van der Waals surface area contributed by atoms with Crippen molar-refractivity contribution in [2.24, 2.45) is 0 Å². The van der Waals surface area contributed by atoms with Crippen LogP contribution in [0, 0.1) is 5.82 Å². The number of amides is 1. The Morgan fingerprint density at radius 2 is 1.75 bits per heavy atom. The zero-order chi connectivity index (χ0) is 19.9. The Morgan fingerprint density at radius 1 is 1.04 bits per heavy atom. The zero-order valence-electron chi connectivity index (χ0n) is 15.8. The van der Waals surface area contributed by atoms with E-state index in [1.54, 1.807) is 36.4 Å². The molecule has 0 aliphatic rings. The number of hydrogen-bond donors (Lipinski definition) is 2. The zero-order valence-corrected chi connectivity index (χ0v) is 15.8. The molecule has 0 radical (unpaired) electrons. The third kappa shape index (κ3) is 5.54. The predicted molar refractivity (Wildman–Crippen MR) is 108 cm³/mol. The van der Waals surface area contributed by atoms with E-state index in [1.165, 1.54) is 18.3 Å². The summed E-state index contributed by atoms with van der Waals surface area (Å²) in [4.78, 5) is 16.6. The van der Waals surface area contributed by atoms with Gasteiger partial charge >= 0.3 is 0 Å². The van der Waals surface area contributed by atoms with Crippen molar-refractivity contribution in [3.63, 3.8) is 0 Å². The van der Waals surface area contributed by atoms with Gasteiger partial charge in [-0.1, -0.05) is 12.1 Å². The van der Waals surface area contributed by atoms with Crippen LogP contribution >= 0.6 is 0 Å². The van der Waals surface area contributed by atoms with Gasteiger partial charge in [0.05, 0.1) is 11.7 Å². The van der Waals surface area contributed by atoms with Crippen molar-refractivity contribution in [1.82, 2.24) is 4.98 Å². The molecule has 0 aliphatic heterocycles. The molecule has 2 aromatic carbocycles. The lowest BCUT2D eigenvalue weighted by Gasteiger charge is -2.11. The van der Waals surface area contributed by atoms with Crippen LogP contribution in [0.15, 0.2) is 66.9 Å². The summed E-state index contributed by atoms with van der Waals surface area (Å²) in [6, 6.07) is 16.9. The molecular weight excluding hydrogens is 357 g/mol. The average Bonchev–Trinajstić information content (AvgIpc) is 2.69. The van der Waals surface area contributed by atoms with Crippen LogP contribution in [0.25, 0.3) is 0 Å². The number of ether oxygens (including phenoxy) is 1. The van der Waals surface area contributed by atoms with Crippen molar-refractivity contribution in [2.75, 3.05) is 10.6 Å². The second-order valence-corrected chi connectivity index (χ2v) is 6.56. The number of nitrogens with one attached hydrogen (secondary N) is 2. The first-order valence-corrected chi connectivity index (χ1v) is 9.02. The molecule has 0 aliphatic carbocycles. The Morgan fingerprint density at radius 3 is 2.36 bits per heavy atom. The van der Waals surface area contributed by atoms with Crippen molar-refractivity contribution in [3.8, 4) is 5.75 Å². The number of benzene rings is 2. The summed E-state index contributed by atoms with van der Waals surface area (Å²) in [6.45, 7) is 4.44. The highest BCUT2D eigenvalue weighted by atomic mass is 19.1. The lowest BCUT2D eigenvalue weighted by Crippen LogP contribution is -2.12. The van der Waals surface area contributed by atoms with Gasteiger partial charge in [0, 0.05) is 18.4 Å². The van der Waals surface area contributed by atoms with Crippen LogP contribution in [-0.4, -0.2) is 17.0 Å². The van der Waals surface area contributed by atoms with E-state index >= 15 is 0 Å². The third-order valence-corrected chi connectivity index (χ3v) is 3.90. The maximum absolute atomic E-state index is 12.9. The minimum Gasteiger partial charge on any atom is -0.491 e. The fourth-order valence-corrected chi connectivity index (χ4v) is 2.52. The Labute approximate surface area is 163 Å². The standard InChI is InChI=1S/C22H22FN3O2/c1-15(2)28-20-10-8-19(9-11-20)26-22(27)17-5-12-21(25-14-17)24-13-16-3-6-18(23)7-4-16/h3-12,14-15H,13H2,1-2H3,(H,24,25)(H,26,27). The molecule has 0 fully saturated rings. The van der Waals surface area contributed by atoms with Gasteiger partial charge in [0.2, 0.25) is 0 Å². The highest BCUT2D eigenvalue weighted by Gasteiger charge is 2.07. The topological polar surface area (TPSA) is 63.2 Å². The largest absolute Gasteiger partial charge is 0.491 e. The molecule has 0 unspecified atom stereocenters. The molecule has 1 amide bonds. The van der Waals surface area contributed by atoms with E-state index < -0.39 is 0 Å². The van der Waals surface area contributed by atoms with Crippen molar-refractivity contribution in [1.29, 1.82) is 0 Å². The summed E-state index contributed by atoms with van der Waals surface area (Å²) in [5.41, 5.74) is 2.07. The lowest BCUT2D eigenvalue weighted by atomic mass is 10.2. The highest BCUT2D eigenvalue weighted by Crippen LogP contribution is 2.18. The summed E-state index contributed by atoms with van der Waals surface area (Å²) >= 11 is 0. The molecule has 28 heavy (non-hydrogen) atoms. The van der Waals surface area contributed by atoms with E-state index in [0.29, 0.717) is 23.6 Å². The van der Waals surface area contributed by atoms with Gasteiger partial charge in [0.25, 0.3) is 5.91 Å². The van der Waals surface area contributed by atoms with Gasteiger partial charge in [0.1, 0.15) is 17.4 Å². The summed E-state index contributed by atoms with van der Waals surface area (Å²) in [5, 5.41) is 5.97. The maximum Gasteiger partial charge on any atom is 0.257 e. The Balaban J connectivity index is 1.55. The Kier molecular flexibility index (Phi) is 6.22. The van der Waals surface area contributed by atoms with E-state index in [9.17, 15) is 9.18 Å². The molecule has 1 aromatic heterocycles. The van der Waals surface area contributed by atoms with Crippen LogP contribution in [0.4, 0.5) is 15.9 Å². The first-order chi connectivity index (χ1) is 13.5. The van der Waals surface area contributed by atoms with Gasteiger partial charge in [-0.05, 0) is 67.9 Å². The number of aromatic nitrogens is 1. The Hall–Kier alpha value is -3.41. The van der Waals surface area contributed by atoms with E-state index in [1.807, 2.05) is 26.0 Å². The van der Waals surface area contributed by atoms with Crippen LogP contribution in [0.3, 0.4) is 0 Å². The molecule has 2 N–H and O–H groups in total. The lowest BCUT2D eigenvalue weighted by molar-refractivity contribution is 0.102. The van der Waals surface area contributed by atoms with Crippen molar-refractivity contribution in [3.05, 3.63) is 83.8 Å². The summed E-state index contributed by atoms with van der Waals surface area (Å²) in [5.74, 6) is 0.886. The quantitative estimate of drug-likeness (QED) is 0.615. The van der Waals surface area contributed by atoms with Gasteiger partial charge in [-0.2, -0.15) is 0 Å². The molecule has 6 heteroatoms. The molecule has 144 valence electrons. The van der Waals surface area contributed by atoms with E-state index in [4.69, 9.17) is 4.74 Å². The SMILES string of the molecule is CC(C)Oc1ccc(NC(=O)c2ccc(NCc3ccc(F)cc3)nc2)cc1. The number of pyridine rings is 1. The van der Waals surface area contributed by atoms with Gasteiger partial charge in [-0.15, -0.1) is 0 Å². The summed E-state index contributed by atoms with van der Waals surface area (Å²) in [7, 11) is 0. The number of carbonyl (C=O) groups is 1. The second kappa shape index (κ2) is 8.99. The van der Waals surface area contributed by atoms with Gasteiger partial charge in [0.15, 0.2) is 0 Å². The average molecular weight is 379 g/mol. The number of nitrogens with zero attached hydrogens (tertiary/aromatic N) is 1. The number of carbonyl (C=O) groups excluding carboxylic acids is 1. The number of rotatable bonds is 7. The number of hydrogen-bond acceptors (Lipinski definition) is 4. The van der Waals surface area contributed by atoms with E-state index in [-0.39, 0.29) is 17.8 Å². The first-order valence-electron chi connectivity index (χ1n) is 9.02. The van der Waals surface area contributed by atoms with Crippen LogP contribution < -0.4 is 15.4 Å². The molecule has 0 saturated carbocycles. The molecule has 0 saturated heterocycles. The molecule has 3 aromatic rings. The smallest absolute Gasteiger partial charge is 0.257 e. The molecule has 5 nitrogen and oxygen atoms in total. The van der Waals surface area contributed by atoms with Crippen LogP contribution in [0.2, 0.25) is 0 Å². The second-order valence-electron chi connectivity index (χ2n) is 6.56. The summed E-state index contributed by atoms with van der Waals surface area (Å²) in [6.07, 6.45) is 1.61. The minimum atomic E-state index is -0.265. The minimum absolute atomic E-state index is 0.0988. The van der Waals surface area contributed by atoms with Crippen molar-refractivity contribution < 1.29 is 13.9 Å². The molecule has 0 spiro atoms. The molecule has 1 heterocycles. The fraction of sp³-hybridized carbons (Fsp3) is 0.182. The van der Waals surface area contributed by atoms with Crippen LogP contribution in [0.5, 0.6) is 5.75 Å². The van der Waals surface area contributed by atoms with Gasteiger partial charge in [-0.3, -0.25) is 4.79 Å². The maximum atomic E-state index is 12.9. The monoisotopic (exact) mass is 379 g/mol. The van der Waals surface area contributed by atoms with E-state index in [2.05, 4.69) is 15.6 Å². The molecule has 0 atom stereocenters. The van der Waals surface area contributed by atoms with Crippen LogP contribution in [-0.2, 0) is 6.54 Å². The normalized spacial score (nSPS) is 10.6. The molecule has 0 bridgehead atoms. The summed E-state index contributed by atoms with van der Waals surface area (Å²) < 4.78 is 18.5. The van der Waals surface area contributed by atoms with Crippen LogP contribution in [0.1, 0.15) is 29.8 Å².